The normalized spacial score (nSPS) is 44.7. The fraction of sp³-hybridized carbons (Fsp3) is 0.875. The number of nitrogens with zero attached hydrogens (tertiary/aromatic N) is 1. The number of nitrogens with one attached hydrogen (secondary N) is 1. The van der Waals surface area contributed by atoms with Gasteiger partial charge in [-0.1, -0.05) is 6.92 Å². The second-order valence-corrected chi connectivity index (χ2v) is 12.5. The standard InChI is InChI=1S/C24H37N3O5/c1-12-15-6-16(19(25)28)27(17(12)15)20(29)18(26-21(30)32-22(2,3)4)23-7-13-5-14(8-23)10-24(31,9-13)11-23/h12-18,31H,5-11H2,1-4H3,(H2,25,28)(H,26,30). The highest BCUT2D eigenvalue weighted by Crippen LogP contribution is 2.63. The van der Waals surface area contributed by atoms with Crippen molar-refractivity contribution in [2.45, 2.75) is 102 Å². The number of hydrogen-bond acceptors (Lipinski definition) is 5. The number of alkyl carbamates (subject to hydrolysis) is 1. The summed E-state index contributed by atoms with van der Waals surface area (Å²) in [4.78, 5) is 40.9. The predicted octanol–water partition coefficient (Wildman–Crippen LogP) is 1.93. The van der Waals surface area contributed by atoms with Crippen molar-refractivity contribution in [3.05, 3.63) is 0 Å². The molecule has 7 atom stereocenters. The number of carbonyl (C=O) groups excluding carboxylic acids is 3. The number of rotatable bonds is 4. The van der Waals surface area contributed by atoms with E-state index < -0.39 is 40.7 Å². The van der Waals surface area contributed by atoms with Crippen LogP contribution in [0.5, 0.6) is 0 Å². The SMILES string of the molecule is CC1C2CC(C(N)=O)N(C(=O)C(NC(=O)OC(C)(C)C)C34CC5CC(CC(O)(C5)C3)C4)C12. The summed E-state index contributed by atoms with van der Waals surface area (Å²) in [5, 5.41) is 14.2. The summed E-state index contributed by atoms with van der Waals surface area (Å²) in [5.74, 6) is 0.613. The highest BCUT2D eigenvalue weighted by molar-refractivity contribution is 5.93. The zero-order valence-electron chi connectivity index (χ0n) is 19.6. The Morgan fingerprint density at radius 1 is 1.12 bits per heavy atom. The van der Waals surface area contributed by atoms with Crippen LogP contribution in [0.1, 0.15) is 72.6 Å². The van der Waals surface area contributed by atoms with Crippen molar-refractivity contribution in [1.82, 2.24) is 10.2 Å². The van der Waals surface area contributed by atoms with Gasteiger partial charge in [0.2, 0.25) is 11.8 Å². The number of aliphatic hydroxyl groups is 1. The maximum atomic E-state index is 14.1. The van der Waals surface area contributed by atoms with Crippen LogP contribution in [-0.4, -0.2) is 57.2 Å². The van der Waals surface area contributed by atoms with E-state index in [9.17, 15) is 19.5 Å². The maximum absolute atomic E-state index is 14.1. The highest BCUT2D eigenvalue weighted by Gasteiger charge is 2.66. The summed E-state index contributed by atoms with van der Waals surface area (Å²) < 4.78 is 5.53. The lowest BCUT2D eigenvalue weighted by Crippen LogP contribution is -2.67. The molecule has 6 aliphatic rings. The van der Waals surface area contributed by atoms with Gasteiger partial charge in [0.15, 0.2) is 0 Å². The molecule has 1 saturated heterocycles. The monoisotopic (exact) mass is 447 g/mol. The first kappa shape index (κ1) is 22.0. The lowest BCUT2D eigenvalue weighted by atomic mass is 9.46. The fourth-order valence-corrected chi connectivity index (χ4v) is 8.14. The number of carbonyl (C=O) groups is 3. The molecule has 0 aromatic rings. The second-order valence-electron chi connectivity index (χ2n) is 12.5. The van der Waals surface area contributed by atoms with Gasteiger partial charge in [-0.3, -0.25) is 9.59 Å². The number of primary amides is 1. The van der Waals surface area contributed by atoms with Crippen molar-refractivity contribution in [2.24, 2.45) is 34.8 Å². The molecule has 0 spiro atoms. The Kier molecular flexibility index (Phi) is 4.70. The molecule has 0 aromatic carbocycles. The van der Waals surface area contributed by atoms with E-state index in [0.717, 1.165) is 32.1 Å². The van der Waals surface area contributed by atoms with Gasteiger partial charge < -0.3 is 25.8 Å². The van der Waals surface area contributed by atoms with Crippen LogP contribution < -0.4 is 11.1 Å². The molecule has 4 N–H and O–H groups in total. The van der Waals surface area contributed by atoms with E-state index in [-0.39, 0.29) is 11.9 Å². The van der Waals surface area contributed by atoms with Crippen molar-refractivity contribution in [3.8, 4) is 0 Å². The lowest BCUT2D eigenvalue weighted by Gasteiger charge is -2.62. The molecule has 8 nitrogen and oxygen atoms in total. The van der Waals surface area contributed by atoms with Crippen molar-refractivity contribution in [1.29, 1.82) is 0 Å². The van der Waals surface area contributed by atoms with Gasteiger partial charge in [-0.25, -0.2) is 4.79 Å². The second kappa shape index (κ2) is 6.84. The molecule has 1 heterocycles. The van der Waals surface area contributed by atoms with Crippen molar-refractivity contribution < 1.29 is 24.2 Å². The van der Waals surface area contributed by atoms with Gasteiger partial charge in [-0.05, 0) is 89.4 Å². The average Bonchev–Trinajstić information content (AvgIpc) is 3.06. The van der Waals surface area contributed by atoms with Crippen LogP contribution in [0.25, 0.3) is 0 Å². The van der Waals surface area contributed by atoms with Crippen molar-refractivity contribution >= 4 is 17.9 Å². The minimum Gasteiger partial charge on any atom is -0.444 e. The molecular formula is C24H37N3O5. The minimum absolute atomic E-state index is 0.0000595. The van der Waals surface area contributed by atoms with Crippen LogP contribution in [0, 0.1) is 29.1 Å². The van der Waals surface area contributed by atoms with Crippen molar-refractivity contribution in [2.75, 3.05) is 0 Å². The molecule has 178 valence electrons. The molecule has 3 amide bonds. The zero-order chi connectivity index (χ0) is 23.2. The molecule has 32 heavy (non-hydrogen) atoms. The van der Waals surface area contributed by atoms with Crippen molar-refractivity contribution in [3.63, 3.8) is 0 Å². The Bertz CT molecular complexity index is 837. The number of hydrogen-bond donors (Lipinski definition) is 3. The summed E-state index contributed by atoms with van der Waals surface area (Å²) in [5.41, 5.74) is 3.69. The Labute approximate surface area is 189 Å². The van der Waals surface area contributed by atoms with Crippen LogP contribution in [-0.2, 0) is 14.3 Å². The Balaban J connectivity index is 1.48. The first-order chi connectivity index (χ1) is 14.8. The zero-order valence-corrected chi connectivity index (χ0v) is 19.6. The summed E-state index contributed by atoms with van der Waals surface area (Å²) in [6.45, 7) is 7.46. The summed E-state index contributed by atoms with van der Waals surface area (Å²) in [6.07, 6.45) is 4.68. The third-order valence-corrected chi connectivity index (χ3v) is 8.84. The molecular weight excluding hydrogens is 410 g/mol. The predicted molar refractivity (Wildman–Crippen MR) is 116 cm³/mol. The Morgan fingerprint density at radius 2 is 1.75 bits per heavy atom. The Morgan fingerprint density at radius 3 is 2.28 bits per heavy atom. The third-order valence-electron chi connectivity index (χ3n) is 8.84. The lowest BCUT2D eigenvalue weighted by molar-refractivity contribution is -0.181. The molecule has 1 aliphatic heterocycles. The van der Waals surface area contributed by atoms with Crippen LogP contribution in [0.4, 0.5) is 4.79 Å². The van der Waals surface area contributed by atoms with Crippen LogP contribution in [0.2, 0.25) is 0 Å². The van der Waals surface area contributed by atoms with E-state index >= 15 is 0 Å². The van der Waals surface area contributed by atoms with Gasteiger partial charge in [0.05, 0.1) is 5.60 Å². The first-order valence-electron chi connectivity index (χ1n) is 12.1. The van der Waals surface area contributed by atoms with E-state index in [4.69, 9.17) is 10.5 Å². The number of likely N-dealkylation sites (tertiary alicyclic amines) is 1. The van der Waals surface area contributed by atoms with E-state index in [0.29, 0.717) is 36.5 Å². The number of amides is 3. The quantitative estimate of drug-likeness (QED) is 0.608. The van der Waals surface area contributed by atoms with Gasteiger partial charge in [0.25, 0.3) is 0 Å². The topological polar surface area (TPSA) is 122 Å². The number of fused-ring (bicyclic) bond motifs is 1. The fourth-order valence-electron chi connectivity index (χ4n) is 8.14. The van der Waals surface area contributed by atoms with Crippen LogP contribution in [0.15, 0.2) is 0 Å². The van der Waals surface area contributed by atoms with E-state index in [1.807, 2.05) is 0 Å². The largest absolute Gasteiger partial charge is 0.444 e. The summed E-state index contributed by atoms with van der Waals surface area (Å²) in [6, 6.07) is -1.46. The molecule has 8 heteroatoms. The van der Waals surface area contributed by atoms with Crippen LogP contribution in [0.3, 0.4) is 0 Å². The first-order valence-corrected chi connectivity index (χ1v) is 12.1. The molecule has 5 saturated carbocycles. The molecule has 7 unspecified atom stereocenters. The maximum Gasteiger partial charge on any atom is 0.408 e. The molecule has 6 rings (SSSR count). The summed E-state index contributed by atoms with van der Waals surface area (Å²) in [7, 11) is 0. The number of piperidine rings is 1. The molecule has 4 bridgehead atoms. The third kappa shape index (κ3) is 3.49. The minimum atomic E-state index is -0.830. The van der Waals surface area contributed by atoms with Gasteiger partial charge in [-0.2, -0.15) is 0 Å². The molecule has 0 aromatic heterocycles. The van der Waals surface area contributed by atoms with Gasteiger partial charge in [0, 0.05) is 11.5 Å². The molecule has 5 aliphatic carbocycles. The number of ether oxygens (including phenoxy) is 1. The molecule has 6 fully saturated rings. The number of nitrogens with two attached hydrogens (primary N) is 1. The smallest absolute Gasteiger partial charge is 0.408 e. The average molecular weight is 448 g/mol. The van der Waals surface area contributed by atoms with E-state index in [1.165, 1.54) is 0 Å². The Hall–Kier alpha value is -1.83. The van der Waals surface area contributed by atoms with E-state index in [1.54, 1.807) is 25.7 Å². The van der Waals surface area contributed by atoms with Gasteiger partial charge in [-0.15, -0.1) is 0 Å². The van der Waals surface area contributed by atoms with Gasteiger partial charge >= 0.3 is 6.09 Å². The van der Waals surface area contributed by atoms with Crippen LogP contribution >= 0.6 is 0 Å². The van der Waals surface area contributed by atoms with E-state index in [2.05, 4.69) is 12.2 Å². The van der Waals surface area contributed by atoms with Gasteiger partial charge in [0.1, 0.15) is 17.7 Å². The summed E-state index contributed by atoms with van der Waals surface area (Å²) >= 11 is 0. The molecule has 0 radical (unpaired) electrons. The highest BCUT2D eigenvalue weighted by atomic mass is 16.6.